The summed E-state index contributed by atoms with van der Waals surface area (Å²) in [6.45, 7) is 16.3. The minimum Gasteiger partial charge on any atom is -0.106 e. The topological polar surface area (TPSA) is 0 Å². The summed E-state index contributed by atoms with van der Waals surface area (Å²) < 4.78 is 0. The van der Waals surface area contributed by atoms with Crippen molar-refractivity contribution in [1.82, 2.24) is 0 Å². The van der Waals surface area contributed by atoms with E-state index < -0.39 is 0 Å². The number of hydrogen-bond acceptors (Lipinski definition) is 0. The predicted octanol–water partition coefficient (Wildman–Crippen LogP) is 4.27. The lowest BCUT2D eigenvalue weighted by Gasteiger charge is -1.53. The molecule has 1 aliphatic rings. The second-order valence-electron chi connectivity index (χ2n) is 1.68. The van der Waals surface area contributed by atoms with Crippen LogP contribution >= 0.6 is 0 Å². The Balaban J connectivity index is -0.0000000729. The van der Waals surface area contributed by atoms with Crippen LogP contribution in [0.2, 0.25) is 0 Å². The standard InChI is InChI=1S/C4H8.2C2H6.C2H4/c1-4-2-3-4;3*1-2/h4H,2-3H2,1H3;2*1-2H3;1-2H2. The summed E-state index contributed by atoms with van der Waals surface area (Å²) in [6.07, 6.45) is 2.97. The summed E-state index contributed by atoms with van der Waals surface area (Å²) in [5, 5.41) is 0. The molecular formula is C10H24. The smallest absolute Gasteiger partial charge is 0.0443 e. The Bertz CT molecular complexity index is 27.0. The van der Waals surface area contributed by atoms with Crippen molar-refractivity contribution in [1.29, 1.82) is 0 Å². The largest absolute Gasteiger partial charge is 0.106 e. The molecule has 1 aliphatic carbocycles. The molecule has 0 spiro atoms. The van der Waals surface area contributed by atoms with Crippen molar-refractivity contribution < 1.29 is 0 Å². The zero-order chi connectivity index (χ0) is 8.99. The average molecular weight is 144 g/mol. The highest BCUT2D eigenvalue weighted by atomic mass is 14.2. The monoisotopic (exact) mass is 144 g/mol. The molecule has 1 fully saturated rings. The van der Waals surface area contributed by atoms with E-state index in [0.29, 0.717) is 0 Å². The molecule has 0 N–H and O–H groups in total. The maximum atomic E-state index is 3.00. The molecule has 0 bridgehead atoms. The number of hydrogen-bond donors (Lipinski definition) is 0. The van der Waals surface area contributed by atoms with Gasteiger partial charge in [-0.3, -0.25) is 0 Å². The molecule has 0 nitrogen and oxygen atoms in total. The Morgan fingerprint density at radius 1 is 0.900 bits per heavy atom. The molecule has 0 aliphatic heterocycles. The Labute approximate surface area is 67.3 Å². The molecule has 0 radical (unpaired) electrons. The van der Waals surface area contributed by atoms with Gasteiger partial charge in [-0.25, -0.2) is 0 Å². The molecule has 0 aromatic heterocycles. The molecule has 0 atom stereocenters. The van der Waals surface area contributed by atoms with E-state index >= 15 is 0 Å². The number of rotatable bonds is 0. The Morgan fingerprint density at radius 2 is 1.00 bits per heavy atom. The van der Waals surface area contributed by atoms with Crippen LogP contribution in [-0.4, -0.2) is 0 Å². The van der Waals surface area contributed by atoms with Gasteiger partial charge in [0.15, 0.2) is 0 Å². The first-order chi connectivity index (χ1) is 4.89. The molecule has 0 unspecified atom stereocenters. The lowest BCUT2D eigenvalue weighted by Crippen LogP contribution is -1.42. The quantitative estimate of drug-likeness (QED) is 0.445. The Hall–Kier alpha value is -0.260. The van der Waals surface area contributed by atoms with Gasteiger partial charge in [-0.2, -0.15) is 0 Å². The zero-order valence-electron chi connectivity index (χ0n) is 8.41. The van der Waals surface area contributed by atoms with Gasteiger partial charge in [-0.1, -0.05) is 47.5 Å². The summed E-state index contributed by atoms with van der Waals surface area (Å²) in [6, 6.07) is 0. The Morgan fingerprint density at radius 3 is 1.00 bits per heavy atom. The van der Waals surface area contributed by atoms with Gasteiger partial charge in [0, 0.05) is 0 Å². The van der Waals surface area contributed by atoms with Gasteiger partial charge in [-0.05, 0) is 5.92 Å². The van der Waals surface area contributed by atoms with Gasteiger partial charge in [-0.15, -0.1) is 13.2 Å². The summed E-state index contributed by atoms with van der Waals surface area (Å²) in [5.41, 5.74) is 0. The van der Waals surface area contributed by atoms with Crippen molar-refractivity contribution in [2.24, 2.45) is 5.92 Å². The van der Waals surface area contributed by atoms with Crippen LogP contribution in [0.15, 0.2) is 13.2 Å². The SMILES string of the molecule is C=C.CC.CC.CC1CC1. The van der Waals surface area contributed by atoms with E-state index in [1.54, 1.807) is 0 Å². The van der Waals surface area contributed by atoms with Crippen LogP contribution in [0.5, 0.6) is 0 Å². The van der Waals surface area contributed by atoms with Gasteiger partial charge in [0.05, 0.1) is 0 Å². The summed E-state index contributed by atoms with van der Waals surface area (Å²) in [7, 11) is 0. The predicted molar refractivity (Wildman–Crippen MR) is 52.3 cm³/mol. The minimum absolute atomic E-state index is 1.08. The van der Waals surface area contributed by atoms with Crippen molar-refractivity contribution in [3.8, 4) is 0 Å². The van der Waals surface area contributed by atoms with Gasteiger partial charge in [0.2, 0.25) is 0 Å². The van der Waals surface area contributed by atoms with Crippen molar-refractivity contribution in [2.75, 3.05) is 0 Å². The summed E-state index contributed by atoms with van der Waals surface area (Å²) >= 11 is 0. The third kappa shape index (κ3) is 46.8. The van der Waals surface area contributed by atoms with Crippen LogP contribution in [0.3, 0.4) is 0 Å². The third-order valence-corrected chi connectivity index (χ3v) is 0.866. The molecular weight excluding hydrogens is 120 g/mol. The van der Waals surface area contributed by atoms with Crippen LogP contribution < -0.4 is 0 Å². The van der Waals surface area contributed by atoms with E-state index in [1.807, 2.05) is 27.7 Å². The van der Waals surface area contributed by atoms with Crippen molar-refractivity contribution in [3.63, 3.8) is 0 Å². The molecule has 0 saturated heterocycles. The van der Waals surface area contributed by atoms with Gasteiger partial charge >= 0.3 is 0 Å². The lowest BCUT2D eigenvalue weighted by atomic mass is 10.5. The first-order valence-electron chi connectivity index (χ1n) is 4.39. The fourth-order valence-electron chi connectivity index (χ4n) is 0.167. The molecule has 0 amide bonds. The van der Waals surface area contributed by atoms with Crippen LogP contribution in [0.4, 0.5) is 0 Å². The zero-order valence-corrected chi connectivity index (χ0v) is 8.41. The van der Waals surface area contributed by atoms with Crippen molar-refractivity contribution in [2.45, 2.75) is 47.5 Å². The van der Waals surface area contributed by atoms with Gasteiger partial charge in [0.25, 0.3) is 0 Å². The second-order valence-corrected chi connectivity index (χ2v) is 1.68. The normalized spacial score (nSPS) is 12.1. The minimum atomic E-state index is 1.08. The van der Waals surface area contributed by atoms with Crippen LogP contribution in [-0.2, 0) is 0 Å². The van der Waals surface area contributed by atoms with Crippen LogP contribution in [0.25, 0.3) is 0 Å². The van der Waals surface area contributed by atoms with Gasteiger partial charge in [0.1, 0.15) is 0 Å². The lowest BCUT2D eigenvalue weighted by molar-refractivity contribution is 0.983. The first kappa shape index (κ1) is 16.4. The summed E-state index contributed by atoms with van der Waals surface area (Å²) in [5.74, 6) is 1.08. The molecule has 10 heavy (non-hydrogen) atoms. The summed E-state index contributed by atoms with van der Waals surface area (Å²) in [4.78, 5) is 0. The third-order valence-electron chi connectivity index (χ3n) is 0.866. The second kappa shape index (κ2) is 23.3. The van der Waals surface area contributed by atoms with Crippen molar-refractivity contribution in [3.05, 3.63) is 13.2 Å². The molecule has 1 rings (SSSR count). The van der Waals surface area contributed by atoms with E-state index in [9.17, 15) is 0 Å². The maximum absolute atomic E-state index is 3.00. The molecule has 0 aromatic rings. The van der Waals surface area contributed by atoms with E-state index in [2.05, 4.69) is 20.1 Å². The van der Waals surface area contributed by atoms with E-state index in [4.69, 9.17) is 0 Å². The van der Waals surface area contributed by atoms with E-state index in [1.165, 1.54) is 12.8 Å². The highest BCUT2D eigenvalue weighted by Gasteiger charge is 2.12. The van der Waals surface area contributed by atoms with Crippen LogP contribution in [0, 0.1) is 5.92 Å². The fourth-order valence-corrected chi connectivity index (χ4v) is 0.167. The molecule has 0 heterocycles. The Kier molecular flexibility index (Phi) is 38.2. The maximum Gasteiger partial charge on any atom is -0.0443 e. The van der Waals surface area contributed by atoms with Gasteiger partial charge < -0.3 is 0 Å². The highest BCUT2D eigenvalue weighted by Crippen LogP contribution is 2.26. The molecule has 1 saturated carbocycles. The van der Waals surface area contributed by atoms with E-state index in [0.717, 1.165) is 5.92 Å². The molecule has 64 valence electrons. The molecule has 0 aromatic carbocycles. The average Bonchev–Trinajstić information content (AvgIpc) is 2.84. The first-order valence-corrected chi connectivity index (χ1v) is 4.39. The highest BCUT2D eigenvalue weighted by molar-refractivity contribution is 4.65. The van der Waals surface area contributed by atoms with Crippen molar-refractivity contribution >= 4 is 0 Å². The van der Waals surface area contributed by atoms with Crippen LogP contribution in [0.1, 0.15) is 47.5 Å². The fraction of sp³-hybridized carbons (Fsp3) is 0.800. The van der Waals surface area contributed by atoms with E-state index in [-0.39, 0.29) is 0 Å². The molecule has 0 heteroatoms.